The molecule has 2 aromatic carbocycles. The third-order valence-electron chi connectivity index (χ3n) is 7.25. The zero-order chi connectivity index (χ0) is 24.1. The first-order valence-corrected chi connectivity index (χ1v) is 12.2. The summed E-state index contributed by atoms with van der Waals surface area (Å²) in [5, 5.41) is 10.3. The van der Waals surface area contributed by atoms with E-state index < -0.39 is 6.04 Å². The van der Waals surface area contributed by atoms with E-state index >= 15 is 0 Å². The number of Topliss-reactive ketones (excluding diaryl/α,β-unsaturated/α-hetero) is 1. The van der Waals surface area contributed by atoms with Crippen LogP contribution in [0.1, 0.15) is 49.8 Å². The van der Waals surface area contributed by atoms with Crippen molar-refractivity contribution in [3.63, 3.8) is 0 Å². The van der Waals surface area contributed by atoms with Crippen molar-refractivity contribution in [3.8, 4) is 23.0 Å². The van der Waals surface area contributed by atoms with Crippen LogP contribution in [0.5, 0.6) is 23.0 Å². The van der Waals surface area contributed by atoms with E-state index in [0.717, 1.165) is 31.2 Å². The molecule has 1 N–H and O–H groups in total. The molecule has 3 heterocycles. The van der Waals surface area contributed by atoms with Crippen LogP contribution < -0.4 is 14.2 Å². The Labute approximate surface area is 203 Å². The molecule has 3 atom stereocenters. The highest BCUT2D eigenvalue weighted by Gasteiger charge is 2.52. The number of ketones is 1. The second-order valence-electron chi connectivity index (χ2n) is 9.34. The van der Waals surface area contributed by atoms with Crippen LogP contribution in [-0.4, -0.2) is 41.2 Å². The number of rotatable bonds is 5. The Morgan fingerprint density at radius 3 is 2.74 bits per heavy atom. The third-order valence-corrected chi connectivity index (χ3v) is 7.25. The molecule has 3 aliphatic heterocycles. The zero-order valence-electron chi connectivity index (χ0n) is 19.5. The molecular formula is C27H27NO7. The molecule has 6 rings (SSSR count). The van der Waals surface area contributed by atoms with Crippen LogP contribution in [0.3, 0.4) is 0 Å². The average molecular weight is 478 g/mol. The van der Waals surface area contributed by atoms with Crippen molar-refractivity contribution in [2.45, 2.75) is 51.3 Å². The Bertz CT molecular complexity index is 1240. The van der Waals surface area contributed by atoms with E-state index in [1.165, 1.54) is 0 Å². The van der Waals surface area contributed by atoms with E-state index in [2.05, 4.69) is 0 Å². The highest BCUT2D eigenvalue weighted by Crippen LogP contribution is 2.48. The van der Waals surface area contributed by atoms with Crippen LogP contribution in [0.2, 0.25) is 0 Å². The summed E-state index contributed by atoms with van der Waals surface area (Å²) in [7, 11) is 0. The lowest BCUT2D eigenvalue weighted by Crippen LogP contribution is -2.39. The number of phenols is 1. The number of aromatic hydroxyl groups is 1. The molecule has 35 heavy (non-hydrogen) atoms. The predicted octanol–water partition coefficient (Wildman–Crippen LogP) is 4.02. The maximum Gasteiger partial charge on any atom is 0.290 e. The van der Waals surface area contributed by atoms with Gasteiger partial charge in [-0.1, -0.05) is 18.6 Å². The molecule has 0 aromatic heterocycles. The first-order valence-electron chi connectivity index (χ1n) is 12.2. The molecular weight excluding hydrogens is 450 g/mol. The Hall–Kier alpha value is -3.68. The van der Waals surface area contributed by atoms with E-state index in [4.69, 9.17) is 18.9 Å². The summed E-state index contributed by atoms with van der Waals surface area (Å²) in [6.07, 6.45) is 3.27. The number of hydrogen-bond acceptors (Lipinski definition) is 7. The van der Waals surface area contributed by atoms with E-state index in [1.54, 1.807) is 23.1 Å². The Morgan fingerprint density at radius 1 is 1.06 bits per heavy atom. The number of phenolic OH excluding ortho intramolecular Hbond substituents is 1. The molecule has 1 fully saturated rings. The second kappa shape index (κ2) is 8.52. The van der Waals surface area contributed by atoms with Crippen molar-refractivity contribution in [1.29, 1.82) is 0 Å². The molecule has 0 bridgehead atoms. The SMILES string of the molecule is CCOc1cc(C2C3=C(OC4CCCCC4C3=O)C(=O)N2Cc2ccc3c(c2)OCO3)ccc1O. The smallest absolute Gasteiger partial charge is 0.290 e. The van der Waals surface area contributed by atoms with Crippen molar-refractivity contribution in [3.05, 3.63) is 58.9 Å². The molecule has 2 aromatic rings. The van der Waals surface area contributed by atoms with Crippen LogP contribution in [0.4, 0.5) is 0 Å². The van der Waals surface area contributed by atoms with Crippen LogP contribution in [0, 0.1) is 5.92 Å². The van der Waals surface area contributed by atoms with E-state index in [1.807, 2.05) is 25.1 Å². The summed E-state index contributed by atoms with van der Waals surface area (Å²) in [5.74, 6) is 1.24. The number of fused-ring (bicyclic) bond motifs is 2. The first kappa shape index (κ1) is 21.8. The van der Waals surface area contributed by atoms with E-state index in [9.17, 15) is 14.7 Å². The van der Waals surface area contributed by atoms with Crippen molar-refractivity contribution in [2.24, 2.45) is 5.92 Å². The van der Waals surface area contributed by atoms with Gasteiger partial charge >= 0.3 is 0 Å². The van der Waals surface area contributed by atoms with Gasteiger partial charge in [0, 0.05) is 6.54 Å². The van der Waals surface area contributed by atoms with Crippen molar-refractivity contribution < 1.29 is 33.6 Å². The minimum absolute atomic E-state index is 0.00600. The molecule has 0 saturated heterocycles. The van der Waals surface area contributed by atoms with Crippen LogP contribution in [-0.2, 0) is 20.9 Å². The molecule has 1 saturated carbocycles. The van der Waals surface area contributed by atoms with Gasteiger partial charge in [0.25, 0.3) is 5.91 Å². The first-order chi connectivity index (χ1) is 17.0. The molecule has 0 spiro atoms. The minimum Gasteiger partial charge on any atom is -0.504 e. The molecule has 4 aliphatic rings. The molecule has 8 nitrogen and oxygen atoms in total. The van der Waals surface area contributed by atoms with Gasteiger partial charge < -0.3 is 29.0 Å². The fourth-order valence-electron chi connectivity index (χ4n) is 5.61. The molecule has 182 valence electrons. The maximum absolute atomic E-state index is 13.8. The quantitative estimate of drug-likeness (QED) is 0.695. The summed E-state index contributed by atoms with van der Waals surface area (Å²) in [5.41, 5.74) is 1.95. The lowest BCUT2D eigenvalue weighted by Gasteiger charge is -2.35. The Kier molecular flexibility index (Phi) is 5.31. The van der Waals surface area contributed by atoms with Gasteiger partial charge in [-0.25, -0.2) is 0 Å². The van der Waals surface area contributed by atoms with Gasteiger partial charge in [-0.3, -0.25) is 9.59 Å². The number of ether oxygens (including phenoxy) is 4. The van der Waals surface area contributed by atoms with Crippen LogP contribution in [0.25, 0.3) is 0 Å². The summed E-state index contributed by atoms with van der Waals surface area (Å²) in [6.45, 7) is 2.63. The van der Waals surface area contributed by atoms with Gasteiger partial charge in [-0.05, 0) is 61.6 Å². The average Bonchev–Trinajstić information content (AvgIpc) is 3.44. The Morgan fingerprint density at radius 2 is 1.89 bits per heavy atom. The zero-order valence-corrected chi connectivity index (χ0v) is 19.5. The van der Waals surface area contributed by atoms with Crippen molar-refractivity contribution >= 4 is 11.7 Å². The lowest BCUT2D eigenvalue weighted by atomic mass is 9.77. The van der Waals surface area contributed by atoms with Gasteiger partial charge in [-0.2, -0.15) is 0 Å². The largest absolute Gasteiger partial charge is 0.504 e. The fraction of sp³-hybridized carbons (Fsp3) is 0.407. The number of carbonyl (C=O) groups is 2. The summed E-state index contributed by atoms with van der Waals surface area (Å²) in [6, 6.07) is 9.91. The summed E-state index contributed by atoms with van der Waals surface area (Å²) < 4.78 is 22.8. The summed E-state index contributed by atoms with van der Waals surface area (Å²) in [4.78, 5) is 29.1. The normalized spacial score (nSPS) is 24.8. The molecule has 1 amide bonds. The third kappa shape index (κ3) is 3.59. The van der Waals surface area contributed by atoms with Gasteiger partial charge in [0.15, 0.2) is 34.5 Å². The lowest BCUT2D eigenvalue weighted by molar-refractivity contribution is -0.135. The number of amides is 1. The minimum atomic E-state index is -0.641. The highest BCUT2D eigenvalue weighted by atomic mass is 16.7. The van der Waals surface area contributed by atoms with Crippen molar-refractivity contribution in [2.75, 3.05) is 13.4 Å². The topological polar surface area (TPSA) is 94.5 Å². The van der Waals surface area contributed by atoms with Crippen LogP contribution >= 0.6 is 0 Å². The highest BCUT2D eigenvalue weighted by molar-refractivity contribution is 6.11. The number of hydrogen-bond donors (Lipinski definition) is 1. The van der Waals surface area contributed by atoms with Crippen molar-refractivity contribution in [1.82, 2.24) is 4.90 Å². The predicted molar refractivity (Wildman–Crippen MR) is 124 cm³/mol. The van der Waals surface area contributed by atoms with Gasteiger partial charge in [-0.15, -0.1) is 0 Å². The second-order valence-corrected chi connectivity index (χ2v) is 9.34. The monoisotopic (exact) mass is 477 g/mol. The van der Waals surface area contributed by atoms with Crippen LogP contribution in [0.15, 0.2) is 47.7 Å². The summed E-state index contributed by atoms with van der Waals surface area (Å²) >= 11 is 0. The molecule has 8 heteroatoms. The number of nitrogens with zero attached hydrogens (tertiary/aromatic N) is 1. The van der Waals surface area contributed by atoms with E-state index in [-0.39, 0.29) is 48.6 Å². The van der Waals surface area contributed by atoms with E-state index in [0.29, 0.717) is 35.0 Å². The molecule has 1 aliphatic carbocycles. The Balaban J connectivity index is 1.42. The van der Waals surface area contributed by atoms with Gasteiger partial charge in [0.2, 0.25) is 6.79 Å². The maximum atomic E-state index is 13.8. The molecule has 3 unspecified atom stereocenters. The standard InChI is InChI=1S/C27H27NO7/c1-2-32-21-12-16(8-9-18(21)29)24-23-25(30)17-5-3-4-6-19(17)35-26(23)27(31)28(24)13-15-7-10-20-22(11-15)34-14-33-20/h7-12,17,19,24,29H,2-6,13-14H2,1H3. The molecule has 0 radical (unpaired) electrons. The number of benzene rings is 2. The fourth-order valence-corrected chi connectivity index (χ4v) is 5.61. The van der Waals surface area contributed by atoms with Gasteiger partial charge in [0.05, 0.1) is 24.1 Å². The van der Waals surface area contributed by atoms with Gasteiger partial charge in [0.1, 0.15) is 6.10 Å². The number of carbonyl (C=O) groups excluding carboxylic acids is 2.